The number of carbonyl (C=O) groups excluding carboxylic acids is 1. The van der Waals surface area contributed by atoms with Crippen LogP contribution in [0.1, 0.15) is 38.3 Å². The smallest absolute Gasteiger partial charge is 0.433 e. The molecule has 0 aliphatic rings. The number of rotatable bonds is 8. The first kappa shape index (κ1) is 27.2. The second-order valence-electron chi connectivity index (χ2n) is 7.48. The van der Waals surface area contributed by atoms with Gasteiger partial charge in [0.1, 0.15) is 22.5 Å². The van der Waals surface area contributed by atoms with Gasteiger partial charge in [0, 0.05) is 29.0 Å². The minimum atomic E-state index is -4.65. The number of aromatic nitrogens is 1. The zero-order valence-electron chi connectivity index (χ0n) is 19.4. The van der Waals surface area contributed by atoms with Gasteiger partial charge in [-0.3, -0.25) is 14.9 Å². The molecule has 0 radical (unpaired) electrons. The fourth-order valence-electron chi connectivity index (χ4n) is 3.13. The van der Waals surface area contributed by atoms with Crippen molar-refractivity contribution in [3.8, 4) is 11.8 Å². The first-order chi connectivity index (χ1) is 17.5. The number of hydrogen-bond acceptors (Lipinski definition) is 8. The van der Waals surface area contributed by atoms with Gasteiger partial charge in [0.05, 0.1) is 23.8 Å². The fourth-order valence-corrected chi connectivity index (χ4v) is 4.16. The molecule has 1 N–H and O–H groups in total. The summed E-state index contributed by atoms with van der Waals surface area (Å²) in [6.45, 7) is 1.42. The number of nitro groups is 1. The monoisotopic (exact) mass is 529 g/mol. The molecule has 1 amide bonds. The molecular weight excluding hydrogens is 511 g/mol. The SMILES string of the molecule is COc1ccc(/C=N\NC(=O)c2ccc([N+](=O)[O-])cc2)cc1CSc1nc(C(F)(F)F)cc(C)c1C#N. The number of nitrogens with one attached hydrogen (secondary N) is 1. The van der Waals surface area contributed by atoms with E-state index in [0.717, 1.165) is 17.8 Å². The van der Waals surface area contributed by atoms with Gasteiger partial charge in [-0.2, -0.15) is 23.5 Å². The Morgan fingerprint density at radius 3 is 2.57 bits per heavy atom. The Morgan fingerprint density at radius 2 is 1.97 bits per heavy atom. The van der Waals surface area contributed by atoms with Crippen LogP contribution in [0.25, 0.3) is 0 Å². The van der Waals surface area contributed by atoms with Crippen molar-refractivity contribution in [1.29, 1.82) is 5.26 Å². The van der Waals surface area contributed by atoms with Crippen molar-refractivity contribution in [2.24, 2.45) is 5.10 Å². The molecule has 0 bridgehead atoms. The maximum atomic E-state index is 13.2. The van der Waals surface area contributed by atoms with E-state index < -0.39 is 22.7 Å². The van der Waals surface area contributed by atoms with Gasteiger partial charge in [0.15, 0.2) is 0 Å². The topological polar surface area (TPSA) is 131 Å². The van der Waals surface area contributed by atoms with Crippen LogP contribution < -0.4 is 10.2 Å². The van der Waals surface area contributed by atoms with Crippen LogP contribution >= 0.6 is 11.8 Å². The second kappa shape index (κ2) is 11.5. The summed E-state index contributed by atoms with van der Waals surface area (Å²) in [6, 6.07) is 12.7. The van der Waals surface area contributed by atoms with E-state index in [4.69, 9.17) is 4.74 Å². The molecule has 1 aromatic heterocycles. The number of carbonyl (C=O) groups is 1. The van der Waals surface area contributed by atoms with Gasteiger partial charge in [-0.05, 0) is 54.4 Å². The molecule has 0 aliphatic heterocycles. The van der Waals surface area contributed by atoms with Crippen molar-refractivity contribution < 1.29 is 27.6 Å². The molecule has 0 unspecified atom stereocenters. The number of benzene rings is 2. The highest BCUT2D eigenvalue weighted by molar-refractivity contribution is 7.98. The zero-order valence-corrected chi connectivity index (χ0v) is 20.2. The normalized spacial score (nSPS) is 11.2. The van der Waals surface area contributed by atoms with Crippen LogP contribution in [0.5, 0.6) is 5.75 Å². The fraction of sp³-hybridized carbons (Fsp3) is 0.167. The van der Waals surface area contributed by atoms with E-state index in [1.165, 1.54) is 44.5 Å². The molecule has 3 aromatic rings. The Kier molecular flexibility index (Phi) is 8.46. The van der Waals surface area contributed by atoms with E-state index in [9.17, 15) is 33.3 Å². The molecule has 0 aliphatic carbocycles. The number of pyridine rings is 1. The molecule has 1 heterocycles. The summed E-state index contributed by atoms with van der Waals surface area (Å²) >= 11 is 0.961. The lowest BCUT2D eigenvalue weighted by Crippen LogP contribution is -2.17. The van der Waals surface area contributed by atoms with Gasteiger partial charge in [-0.25, -0.2) is 10.4 Å². The largest absolute Gasteiger partial charge is 0.496 e. The predicted molar refractivity (Wildman–Crippen MR) is 129 cm³/mol. The molecule has 0 saturated heterocycles. The number of ether oxygens (including phenoxy) is 1. The summed E-state index contributed by atoms with van der Waals surface area (Å²) in [4.78, 5) is 26.0. The molecule has 9 nitrogen and oxygen atoms in total. The van der Waals surface area contributed by atoms with E-state index in [1.54, 1.807) is 18.2 Å². The summed E-state index contributed by atoms with van der Waals surface area (Å²) in [6.07, 6.45) is -3.30. The first-order valence-electron chi connectivity index (χ1n) is 10.4. The number of halogens is 3. The van der Waals surface area contributed by atoms with Crippen molar-refractivity contribution in [1.82, 2.24) is 10.4 Å². The van der Waals surface area contributed by atoms with Crippen LogP contribution in [0.3, 0.4) is 0 Å². The number of non-ortho nitro benzene ring substituents is 1. The van der Waals surface area contributed by atoms with Crippen molar-refractivity contribution >= 4 is 29.6 Å². The predicted octanol–water partition coefficient (Wildman–Crippen LogP) is 5.25. The zero-order chi connectivity index (χ0) is 27.2. The Hall–Kier alpha value is -4.44. The highest BCUT2D eigenvalue weighted by Gasteiger charge is 2.34. The Balaban J connectivity index is 1.76. The molecule has 0 saturated carbocycles. The molecule has 3 rings (SSSR count). The molecule has 37 heavy (non-hydrogen) atoms. The molecule has 190 valence electrons. The van der Waals surface area contributed by atoms with E-state index >= 15 is 0 Å². The van der Waals surface area contributed by atoms with Crippen LogP contribution in [-0.4, -0.2) is 29.1 Å². The summed E-state index contributed by atoms with van der Waals surface area (Å²) in [5, 5.41) is 24.0. The number of nitriles is 1. The number of hydrazone groups is 1. The Labute approximate surface area is 213 Å². The summed E-state index contributed by atoms with van der Waals surface area (Å²) in [5.74, 6) is 0.0230. The number of hydrogen-bond donors (Lipinski definition) is 1. The lowest BCUT2D eigenvalue weighted by atomic mass is 10.1. The van der Waals surface area contributed by atoms with Crippen LogP contribution in [-0.2, 0) is 11.9 Å². The Morgan fingerprint density at radius 1 is 1.27 bits per heavy atom. The average Bonchev–Trinajstić information content (AvgIpc) is 2.86. The number of thioether (sulfide) groups is 1. The van der Waals surface area contributed by atoms with Crippen molar-refractivity contribution in [3.05, 3.63) is 92.2 Å². The molecule has 0 atom stereocenters. The van der Waals surface area contributed by atoms with Gasteiger partial charge in [0.25, 0.3) is 11.6 Å². The second-order valence-corrected chi connectivity index (χ2v) is 8.44. The molecular formula is C24H18F3N5O4S. The summed E-state index contributed by atoms with van der Waals surface area (Å²) in [7, 11) is 1.44. The maximum Gasteiger partial charge on any atom is 0.433 e. The summed E-state index contributed by atoms with van der Waals surface area (Å²) < 4.78 is 44.9. The molecule has 0 fully saturated rings. The van der Waals surface area contributed by atoms with E-state index in [-0.39, 0.29) is 33.2 Å². The van der Waals surface area contributed by atoms with E-state index in [0.29, 0.717) is 16.9 Å². The van der Waals surface area contributed by atoms with Gasteiger partial charge in [-0.15, -0.1) is 11.8 Å². The summed E-state index contributed by atoms with van der Waals surface area (Å²) in [5.41, 5.74) is 2.63. The van der Waals surface area contributed by atoms with Crippen molar-refractivity contribution in [2.45, 2.75) is 23.9 Å². The lowest BCUT2D eigenvalue weighted by molar-refractivity contribution is -0.384. The van der Waals surface area contributed by atoms with Gasteiger partial charge >= 0.3 is 6.18 Å². The van der Waals surface area contributed by atoms with E-state index in [1.807, 2.05) is 6.07 Å². The molecule has 2 aromatic carbocycles. The number of nitrogens with zero attached hydrogens (tertiary/aromatic N) is 4. The maximum absolute atomic E-state index is 13.2. The number of methoxy groups -OCH3 is 1. The highest BCUT2D eigenvalue weighted by Crippen LogP contribution is 2.35. The molecule has 0 spiro atoms. The van der Waals surface area contributed by atoms with Gasteiger partial charge in [-0.1, -0.05) is 0 Å². The number of nitro benzene ring substituents is 1. The standard InChI is InChI=1S/C24H18F3N5O4S/c1-14-9-21(24(25,26)27)30-23(19(14)11-28)37-13-17-10-15(3-8-20(17)36-2)12-29-31-22(33)16-4-6-18(7-5-16)32(34)35/h3-10,12H,13H2,1-2H3,(H,31,33)/b29-12-. The number of amides is 1. The van der Waals surface area contributed by atoms with Crippen LogP contribution in [0.15, 0.2) is 58.7 Å². The van der Waals surface area contributed by atoms with Gasteiger partial charge in [0.2, 0.25) is 0 Å². The minimum Gasteiger partial charge on any atom is -0.496 e. The van der Waals surface area contributed by atoms with E-state index in [2.05, 4.69) is 15.5 Å². The quantitative estimate of drug-likeness (QED) is 0.182. The third-order valence-corrected chi connectivity index (χ3v) is 6.00. The van der Waals surface area contributed by atoms with Crippen LogP contribution in [0.2, 0.25) is 0 Å². The van der Waals surface area contributed by atoms with Gasteiger partial charge < -0.3 is 4.74 Å². The number of aryl methyl sites for hydroxylation is 1. The number of alkyl halides is 3. The van der Waals surface area contributed by atoms with Crippen molar-refractivity contribution in [2.75, 3.05) is 7.11 Å². The van der Waals surface area contributed by atoms with Crippen LogP contribution in [0.4, 0.5) is 18.9 Å². The molecule has 13 heteroatoms. The third-order valence-electron chi connectivity index (χ3n) is 4.97. The average molecular weight is 530 g/mol. The lowest BCUT2D eigenvalue weighted by Gasteiger charge is -2.13. The van der Waals surface area contributed by atoms with Crippen molar-refractivity contribution in [3.63, 3.8) is 0 Å². The minimum absolute atomic E-state index is 0.0497. The third kappa shape index (κ3) is 6.83. The van der Waals surface area contributed by atoms with Crippen LogP contribution in [0, 0.1) is 28.4 Å². The highest BCUT2D eigenvalue weighted by atomic mass is 32.2. The Bertz CT molecular complexity index is 1400. The first-order valence-corrected chi connectivity index (χ1v) is 11.4.